The number of methoxy groups -OCH3 is 1. The summed E-state index contributed by atoms with van der Waals surface area (Å²) in [6, 6.07) is 0.200. The van der Waals surface area contributed by atoms with E-state index in [0.717, 1.165) is 0 Å². The third-order valence-electron chi connectivity index (χ3n) is 2.17. The molecule has 6 heteroatoms. The van der Waals surface area contributed by atoms with Crippen LogP contribution in [0.2, 0.25) is 0 Å². The van der Waals surface area contributed by atoms with Gasteiger partial charge in [0.25, 0.3) is 0 Å². The zero-order valence-corrected chi connectivity index (χ0v) is 8.93. The molecule has 0 bridgehead atoms. The number of hydrogen-bond acceptors (Lipinski definition) is 5. The van der Waals surface area contributed by atoms with Gasteiger partial charge in [0.2, 0.25) is 5.88 Å². The summed E-state index contributed by atoms with van der Waals surface area (Å²) >= 11 is 0. The van der Waals surface area contributed by atoms with E-state index in [-0.39, 0.29) is 6.04 Å². The van der Waals surface area contributed by atoms with Gasteiger partial charge in [-0.1, -0.05) is 0 Å². The number of fused-ring (bicyclic) bond motifs is 1. The van der Waals surface area contributed by atoms with Crippen LogP contribution in [0.25, 0.3) is 11.0 Å². The standard InChI is InChI=1S/C9H13N5O/c1-5(2)14-8-6(9(13-14)15-3)7(10)11-4-12-8/h4-5H,1-3H3,(H2,10,11,12). The predicted octanol–water partition coefficient (Wildman–Crippen LogP) is 0.998. The fourth-order valence-electron chi connectivity index (χ4n) is 1.47. The quantitative estimate of drug-likeness (QED) is 0.794. The summed E-state index contributed by atoms with van der Waals surface area (Å²) in [6.07, 6.45) is 1.43. The molecule has 0 amide bonds. The monoisotopic (exact) mass is 207 g/mol. The molecule has 0 atom stereocenters. The maximum absolute atomic E-state index is 5.76. The zero-order chi connectivity index (χ0) is 11.0. The van der Waals surface area contributed by atoms with Gasteiger partial charge in [0, 0.05) is 6.04 Å². The Morgan fingerprint density at radius 3 is 2.73 bits per heavy atom. The van der Waals surface area contributed by atoms with Crippen LogP contribution in [0.1, 0.15) is 19.9 Å². The van der Waals surface area contributed by atoms with Crippen molar-refractivity contribution in [1.82, 2.24) is 19.7 Å². The molecule has 0 spiro atoms. The van der Waals surface area contributed by atoms with E-state index in [0.29, 0.717) is 22.7 Å². The van der Waals surface area contributed by atoms with Gasteiger partial charge in [0.15, 0.2) is 5.65 Å². The molecule has 0 aliphatic heterocycles. The van der Waals surface area contributed by atoms with Crippen LogP contribution in [-0.4, -0.2) is 26.9 Å². The molecule has 0 aliphatic rings. The van der Waals surface area contributed by atoms with Crippen molar-refractivity contribution in [1.29, 1.82) is 0 Å². The third-order valence-corrected chi connectivity index (χ3v) is 2.17. The molecule has 2 aromatic heterocycles. The minimum absolute atomic E-state index is 0.200. The molecule has 2 aromatic rings. The van der Waals surface area contributed by atoms with Crippen LogP contribution in [0.15, 0.2) is 6.33 Å². The van der Waals surface area contributed by atoms with Crippen molar-refractivity contribution in [2.24, 2.45) is 0 Å². The molecule has 2 N–H and O–H groups in total. The van der Waals surface area contributed by atoms with Crippen molar-refractivity contribution in [2.45, 2.75) is 19.9 Å². The van der Waals surface area contributed by atoms with Crippen LogP contribution >= 0.6 is 0 Å². The number of ether oxygens (including phenoxy) is 1. The predicted molar refractivity (Wildman–Crippen MR) is 56.7 cm³/mol. The van der Waals surface area contributed by atoms with Gasteiger partial charge in [0.1, 0.15) is 17.5 Å². The molecule has 0 fully saturated rings. The van der Waals surface area contributed by atoms with E-state index in [2.05, 4.69) is 15.1 Å². The first-order valence-corrected chi connectivity index (χ1v) is 4.67. The molecule has 0 saturated carbocycles. The molecule has 2 heterocycles. The van der Waals surface area contributed by atoms with E-state index >= 15 is 0 Å². The molecule has 6 nitrogen and oxygen atoms in total. The first-order valence-electron chi connectivity index (χ1n) is 4.67. The van der Waals surface area contributed by atoms with Crippen molar-refractivity contribution < 1.29 is 4.74 Å². The summed E-state index contributed by atoms with van der Waals surface area (Å²) in [6.45, 7) is 4.04. The lowest BCUT2D eigenvalue weighted by Crippen LogP contribution is -2.04. The van der Waals surface area contributed by atoms with Gasteiger partial charge in [-0.05, 0) is 13.8 Å². The number of aromatic nitrogens is 4. The van der Waals surface area contributed by atoms with Crippen molar-refractivity contribution >= 4 is 16.9 Å². The summed E-state index contributed by atoms with van der Waals surface area (Å²) in [5, 5.41) is 4.95. The Morgan fingerprint density at radius 1 is 1.40 bits per heavy atom. The van der Waals surface area contributed by atoms with Gasteiger partial charge < -0.3 is 10.5 Å². The highest BCUT2D eigenvalue weighted by Crippen LogP contribution is 2.28. The Kier molecular flexibility index (Phi) is 2.18. The van der Waals surface area contributed by atoms with Crippen LogP contribution in [-0.2, 0) is 0 Å². The second kappa shape index (κ2) is 3.38. The summed E-state index contributed by atoms with van der Waals surface area (Å²) in [7, 11) is 1.55. The Bertz CT molecular complexity index is 490. The van der Waals surface area contributed by atoms with Gasteiger partial charge in [-0.15, -0.1) is 5.10 Å². The highest BCUT2D eigenvalue weighted by molar-refractivity contribution is 5.90. The molecule has 0 saturated heterocycles. The SMILES string of the molecule is COc1nn(C(C)C)c2ncnc(N)c12. The molecule has 15 heavy (non-hydrogen) atoms. The van der Waals surface area contributed by atoms with Crippen LogP contribution in [0.5, 0.6) is 5.88 Å². The van der Waals surface area contributed by atoms with Crippen LogP contribution in [0, 0.1) is 0 Å². The lowest BCUT2D eigenvalue weighted by atomic mass is 10.3. The minimum atomic E-state index is 0.200. The smallest absolute Gasteiger partial charge is 0.246 e. The summed E-state index contributed by atoms with van der Waals surface area (Å²) in [5.41, 5.74) is 6.46. The van der Waals surface area contributed by atoms with Crippen LogP contribution in [0.4, 0.5) is 5.82 Å². The summed E-state index contributed by atoms with van der Waals surface area (Å²) in [5.74, 6) is 0.862. The van der Waals surface area contributed by atoms with E-state index < -0.39 is 0 Å². The van der Waals surface area contributed by atoms with E-state index in [4.69, 9.17) is 10.5 Å². The molecule has 0 aliphatic carbocycles. The van der Waals surface area contributed by atoms with Gasteiger partial charge in [0.05, 0.1) is 7.11 Å². The lowest BCUT2D eigenvalue weighted by molar-refractivity contribution is 0.387. The Hall–Kier alpha value is -1.85. The van der Waals surface area contributed by atoms with Gasteiger partial charge in [-0.3, -0.25) is 0 Å². The first-order chi connectivity index (χ1) is 7.15. The second-order valence-electron chi connectivity index (χ2n) is 3.51. The van der Waals surface area contributed by atoms with Crippen molar-refractivity contribution in [3.05, 3.63) is 6.33 Å². The molecule has 80 valence electrons. The molecular formula is C9H13N5O. The van der Waals surface area contributed by atoms with Crippen molar-refractivity contribution in [3.63, 3.8) is 0 Å². The number of rotatable bonds is 2. The van der Waals surface area contributed by atoms with Gasteiger partial charge >= 0.3 is 0 Å². The number of anilines is 1. The average Bonchev–Trinajstić information content (AvgIpc) is 2.58. The topological polar surface area (TPSA) is 78.8 Å². The lowest BCUT2D eigenvalue weighted by Gasteiger charge is -2.04. The number of nitrogen functional groups attached to an aromatic ring is 1. The van der Waals surface area contributed by atoms with Gasteiger partial charge in [-0.2, -0.15) is 0 Å². The van der Waals surface area contributed by atoms with Crippen molar-refractivity contribution in [3.8, 4) is 5.88 Å². The molecule has 0 aromatic carbocycles. The molecule has 2 rings (SSSR count). The largest absolute Gasteiger partial charge is 0.479 e. The van der Waals surface area contributed by atoms with Crippen LogP contribution < -0.4 is 10.5 Å². The maximum atomic E-state index is 5.76. The molecule has 0 radical (unpaired) electrons. The normalized spacial score (nSPS) is 11.2. The molecular weight excluding hydrogens is 194 g/mol. The molecule has 0 unspecified atom stereocenters. The maximum Gasteiger partial charge on any atom is 0.246 e. The van der Waals surface area contributed by atoms with E-state index in [1.807, 2.05) is 13.8 Å². The Morgan fingerprint density at radius 2 is 2.13 bits per heavy atom. The number of nitrogens with zero attached hydrogens (tertiary/aromatic N) is 4. The highest BCUT2D eigenvalue weighted by Gasteiger charge is 2.16. The van der Waals surface area contributed by atoms with Crippen molar-refractivity contribution in [2.75, 3.05) is 12.8 Å². The second-order valence-corrected chi connectivity index (χ2v) is 3.51. The third kappa shape index (κ3) is 1.38. The minimum Gasteiger partial charge on any atom is -0.479 e. The van der Waals surface area contributed by atoms with E-state index in [1.54, 1.807) is 11.8 Å². The fraction of sp³-hybridized carbons (Fsp3) is 0.444. The summed E-state index contributed by atoms with van der Waals surface area (Å²) < 4.78 is 6.92. The Balaban J connectivity index is 2.81. The highest BCUT2D eigenvalue weighted by atomic mass is 16.5. The fourth-order valence-corrected chi connectivity index (χ4v) is 1.47. The van der Waals surface area contributed by atoms with E-state index in [9.17, 15) is 0 Å². The average molecular weight is 207 g/mol. The zero-order valence-electron chi connectivity index (χ0n) is 8.93. The van der Waals surface area contributed by atoms with Gasteiger partial charge in [-0.25, -0.2) is 14.6 Å². The Labute approximate surface area is 87.1 Å². The first kappa shape index (κ1) is 9.70. The summed E-state index contributed by atoms with van der Waals surface area (Å²) in [4.78, 5) is 8.08. The van der Waals surface area contributed by atoms with Crippen LogP contribution in [0.3, 0.4) is 0 Å². The van der Waals surface area contributed by atoms with E-state index in [1.165, 1.54) is 6.33 Å². The number of hydrogen-bond donors (Lipinski definition) is 1. The number of nitrogens with two attached hydrogens (primary N) is 1.